The third-order valence-corrected chi connectivity index (χ3v) is 6.82. The number of nitrogens with zero attached hydrogens (tertiary/aromatic N) is 4. The van der Waals surface area contributed by atoms with Crippen LogP contribution in [0.4, 0.5) is 24.0 Å². The van der Waals surface area contributed by atoms with Crippen molar-refractivity contribution in [2.75, 3.05) is 31.1 Å². The van der Waals surface area contributed by atoms with Gasteiger partial charge in [-0.15, -0.1) is 11.3 Å². The molecule has 0 aliphatic carbocycles. The van der Waals surface area contributed by atoms with Crippen LogP contribution < -0.4 is 4.90 Å². The number of sulfonamides is 1. The number of anilines is 1. The van der Waals surface area contributed by atoms with Gasteiger partial charge in [0.25, 0.3) is 5.69 Å². The Morgan fingerprint density at radius 1 is 1.15 bits per heavy atom. The van der Waals surface area contributed by atoms with Crippen molar-refractivity contribution >= 4 is 32.2 Å². The van der Waals surface area contributed by atoms with Gasteiger partial charge in [0, 0.05) is 37.6 Å². The van der Waals surface area contributed by atoms with E-state index >= 15 is 0 Å². The fourth-order valence-electron chi connectivity index (χ4n) is 2.62. The molecule has 1 fully saturated rings. The Morgan fingerprint density at radius 2 is 1.78 bits per heavy atom. The van der Waals surface area contributed by atoms with E-state index in [4.69, 9.17) is 0 Å². The molecule has 0 radical (unpaired) electrons. The van der Waals surface area contributed by atoms with Crippen molar-refractivity contribution in [2.24, 2.45) is 0 Å². The van der Waals surface area contributed by atoms with Crippen LogP contribution in [0, 0.1) is 10.1 Å². The monoisotopic (exact) mass is 422 g/mol. The number of nitro groups is 1. The Balaban J connectivity index is 1.76. The number of alkyl halides is 3. The quantitative estimate of drug-likeness (QED) is 0.555. The maximum Gasteiger partial charge on any atom is 0.434 e. The summed E-state index contributed by atoms with van der Waals surface area (Å²) in [5, 5.41) is 12.2. The van der Waals surface area contributed by atoms with Gasteiger partial charge in [0.1, 0.15) is 0 Å². The van der Waals surface area contributed by atoms with Crippen LogP contribution in [-0.4, -0.2) is 48.8 Å². The molecule has 27 heavy (non-hydrogen) atoms. The summed E-state index contributed by atoms with van der Waals surface area (Å²) < 4.78 is 64.5. The molecule has 1 aliphatic rings. The molecule has 0 saturated carbocycles. The first-order chi connectivity index (χ1) is 12.6. The molecule has 1 saturated heterocycles. The van der Waals surface area contributed by atoms with Crippen LogP contribution in [0.2, 0.25) is 0 Å². The van der Waals surface area contributed by atoms with Crippen LogP contribution in [0.15, 0.2) is 34.5 Å². The van der Waals surface area contributed by atoms with Gasteiger partial charge < -0.3 is 4.90 Å². The third kappa shape index (κ3) is 3.89. The van der Waals surface area contributed by atoms with E-state index < -0.39 is 37.4 Å². The first-order valence-electron chi connectivity index (χ1n) is 7.62. The first-order valence-corrected chi connectivity index (χ1v) is 9.94. The topological polar surface area (TPSA) is 96.6 Å². The molecular formula is C14H13F3N4O4S2. The van der Waals surface area contributed by atoms with Crippen molar-refractivity contribution in [3.63, 3.8) is 0 Å². The number of piperazine rings is 1. The highest BCUT2D eigenvalue weighted by Gasteiger charge is 2.36. The molecule has 1 aromatic carbocycles. The number of nitro benzene ring substituents is 1. The molecule has 2 heterocycles. The van der Waals surface area contributed by atoms with Crippen LogP contribution in [0.1, 0.15) is 5.69 Å². The summed E-state index contributed by atoms with van der Waals surface area (Å²) in [6.45, 7) is 0.222. The highest BCUT2D eigenvalue weighted by molar-refractivity contribution is 7.89. The minimum Gasteiger partial charge on any atom is -0.345 e. The van der Waals surface area contributed by atoms with Gasteiger partial charge in [0.05, 0.1) is 4.92 Å². The minimum absolute atomic E-state index is 0.0185. The lowest BCUT2D eigenvalue weighted by atomic mass is 10.3. The van der Waals surface area contributed by atoms with Gasteiger partial charge in [-0.2, -0.15) is 17.5 Å². The van der Waals surface area contributed by atoms with Gasteiger partial charge in [-0.3, -0.25) is 10.1 Å². The lowest BCUT2D eigenvalue weighted by Crippen LogP contribution is -2.48. The Kier molecular flexibility index (Phi) is 5.10. The average molecular weight is 422 g/mol. The van der Waals surface area contributed by atoms with Crippen LogP contribution >= 0.6 is 11.3 Å². The smallest absolute Gasteiger partial charge is 0.345 e. The second-order valence-corrected chi connectivity index (χ2v) is 8.37. The van der Waals surface area contributed by atoms with Gasteiger partial charge in [0.2, 0.25) is 10.0 Å². The molecule has 1 aromatic heterocycles. The molecule has 0 amide bonds. The standard InChI is InChI=1S/C14H13F3N4O4S2/c15-14(16,17)12-9-26-13(18-12)19-5-7-20(8-6-19)27(24,25)11-4-2-1-3-10(11)21(22)23/h1-4,9H,5-8H2. The molecule has 2 aromatic rings. The summed E-state index contributed by atoms with van der Waals surface area (Å²) >= 11 is 0.832. The predicted molar refractivity (Wildman–Crippen MR) is 91.2 cm³/mol. The van der Waals surface area contributed by atoms with E-state index in [1.807, 2.05) is 0 Å². The molecule has 0 unspecified atom stereocenters. The van der Waals surface area contributed by atoms with E-state index in [2.05, 4.69) is 4.98 Å². The maximum absolute atomic E-state index is 12.7. The van der Waals surface area contributed by atoms with E-state index in [9.17, 15) is 31.7 Å². The number of aromatic nitrogens is 1. The van der Waals surface area contributed by atoms with Crippen LogP contribution in [-0.2, 0) is 16.2 Å². The van der Waals surface area contributed by atoms with E-state index in [1.54, 1.807) is 4.90 Å². The van der Waals surface area contributed by atoms with E-state index in [0.717, 1.165) is 33.2 Å². The molecule has 1 aliphatic heterocycles. The summed E-state index contributed by atoms with van der Waals surface area (Å²) in [4.78, 5) is 15.0. The van der Waals surface area contributed by atoms with E-state index in [1.165, 1.54) is 12.1 Å². The van der Waals surface area contributed by atoms with Gasteiger partial charge in [-0.05, 0) is 6.07 Å². The zero-order valence-electron chi connectivity index (χ0n) is 13.6. The zero-order chi connectivity index (χ0) is 19.8. The number of rotatable bonds is 4. The van der Waals surface area contributed by atoms with Crippen molar-refractivity contribution < 1.29 is 26.5 Å². The van der Waals surface area contributed by atoms with Crippen LogP contribution in [0.5, 0.6) is 0 Å². The Bertz CT molecular complexity index is 953. The number of hydrogen-bond donors (Lipinski definition) is 0. The maximum atomic E-state index is 12.7. The SMILES string of the molecule is O=[N+]([O-])c1ccccc1S(=O)(=O)N1CCN(c2nc(C(F)(F)F)cs2)CC1. The average Bonchev–Trinajstić information content (AvgIpc) is 3.12. The van der Waals surface area contributed by atoms with E-state index in [0.29, 0.717) is 0 Å². The van der Waals surface area contributed by atoms with Crippen LogP contribution in [0.25, 0.3) is 0 Å². The molecule has 0 atom stereocenters. The van der Waals surface area contributed by atoms with E-state index in [-0.39, 0.29) is 31.3 Å². The van der Waals surface area contributed by atoms with Crippen molar-refractivity contribution in [3.8, 4) is 0 Å². The van der Waals surface area contributed by atoms with Crippen molar-refractivity contribution in [3.05, 3.63) is 45.5 Å². The lowest BCUT2D eigenvalue weighted by molar-refractivity contribution is -0.387. The van der Waals surface area contributed by atoms with Crippen LogP contribution in [0.3, 0.4) is 0 Å². The number of para-hydroxylation sites is 1. The normalized spacial score (nSPS) is 16.5. The first kappa shape index (κ1) is 19.5. The second-order valence-electron chi connectivity index (χ2n) is 5.63. The number of thiazole rings is 1. The Hall–Kier alpha value is -2.25. The van der Waals surface area contributed by atoms with Crippen molar-refractivity contribution in [1.29, 1.82) is 0 Å². The highest BCUT2D eigenvalue weighted by Crippen LogP contribution is 2.34. The minimum atomic E-state index is -4.54. The molecular weight excluding hydrogens is 409 g/mol. The van der Waals surface area contributed by atoms with Gasteiger partial charge in [0.15, 0.2) is 15.7 Å². The Labute approximate surface area is 156 Å². The number of hydrogen-bond acceptors (Lipinski definition) is 7. The number of halogens is 3. The summed E-state index contributed by atoms with van der Waals surface area (Å²) in [5.74, 6) is 0. The summed E-state index contributed by atoms with van der Waals surface area (Å²) in [6, 6.07) is 5.04. The Morgan fingerprint density at radius 3 is 2.33 bits per heavy atom. The molecule has 0 spiro atoms. The molecule has 3 rings (SSSR count). The van der Waals surface area contributed by atoms with Gasteiger partial charge in [-0.1, -0.05) is 12.1 Å². The predicted octanol–water partition coefficient (Wildman–Crippen LogP) is 2.58. The van der Waals surface area contributed by atoms with Crippen molar-refractivity contribution in [2.45, 2.75) is 11.1 Å². The largest absolute Gasteiger partial charge is 0.434 e. The fourth-order valence-corrected chi connectivity index (χ4v) is 5.09. The fraction of sp³-hybridized carbons (Fsp3) is 0.357. The second kappa shape index (κ2) is 7.05. The summed E-state index contributed by atoms with van der Waals surface area (Å²) in [6.07, 6.45) is -4.54. The third-order valence-electron chi connectivity index (χ3n) is 3.97. The van der Waals surface area contributed by atoms with Gasteiger partial charge >= 0.3 is 6.18 Å². The highest BCUT2D eigenvalue weighted by atomic mass is 32.2. The molecule has 146 valence electrons. The molecule has 8 nitrogen and oxygen atoms in total. The lowest BCUT2D eigenvalue weighted by Gasteiger charge is -2.33. The molecule has 0 bridgehead atoms. The molecule has 0 N–H and O–H groups in total. The van der Waals surface area contributed by atoms with Gasteiger partial charge in [-0.25, -0.2) is 13.4 Å². The zero-order valence-corrected chi connectivity index (χ0v) is 15.2. The molecule has 13 heteroatoms. The number of benzene rings is 1. The summed E-state index contributed by atoms with van der Waals surface area (Å²) in [7, 11) is -4.09. The van der Waals surface area contributed by atoms with Crippen molar-refractivity contribution in [1.82, 2.24) is 9.29 Å². The summed E-state index contributed by atoms with van der Waals surface area (Å²) in [5.41, 5.74) is -1.51.